The lowest BCUT2D eigenvalue weighted by atomic mass is 9.99. The molecular formula is C33H36O16. The summed E-state index contributed by atoms with van der Waals surface area (Å²) in [6, 6.07) is 10.5. The largest absolute Gasteiger partial charge is 0.507 e. The van der Waals surface area contributed by atoms with E-state index < -0.39 is 67.3 Å². The molecule has 1 aliphatic heterocycles. The normalized spacial score (nSPS) is 21.9. The van der Waals surface area contributed by atoms with Gasteiger partial charge in [-0.3, -0.25) is 4.79 Å². The summed E-state index contributed by atoms with van der Waals surface area (Å²) < 4.78 is 39.1. The Kier molecular flexibility index (Phi) is 10.7. The molecule has 2 heterocycles. The predicted octanol–water partition coefficient (Wildman–Crippen LogP) is 0.549. The second-order valence-electron chi connectivity index (χ2n) is 11.0. The first-order valence-electron chi connectivity index (χ1n) is 14.8. The molecule has 0 bridgehead atoms. The van der Waals surface area contributed by atoms with Gasteiger partial charge in [0.05, 0.1) is 34.5 Å². The molecule has 0 saturated carbocycles. The van der Waals surface area contributed by atoms with Crippen LogP contribution in [0.2, 0.25) is 0 Å². The van der Waals surface area contributed by atoms with Crippen molar-refractivity contribution in [2.75, 3.05) is 34.5 Å². The molecule has 49 heavy (non-hydrogen) atoms. The fraction of sp³-hybridized carbons (Fsp3) is 0.364. The molecule has 8 N–H and O–H groups in total. The summed E-state index contributed by atoms with van der Waals surface area (Å²) in [5.41, 5.74) is -0.254. The van der Waals surface area contributed by atoms with Crippen molar-refractivity contribution in [3.05, 3.63) is 64.3 Å². The van der Waals surface area contributed by atoms with Crippen LogP contribution in [0, 0.1) is 0 Å². The number of aliphatic hydroxyl groups excluding tert-OH is 6. The summed E-state index contributed by atoms with van der Waals surface area (Å²) in [6.07, 6.45) is -10.5. The standard InChI is InChI=1S/C33H36O16/c1-43-21-6-14(4-5-17(21)36)28(39)25(12-34)48-32-23(44-2)7-15(8-24(32)45-3)20-11-19(38)27-18(37)9-16(10-22(27)47-20)46-33-31(42)30(41)29(40)26(13-35)49-33/h4-11,25-26,28-31,33-37,39-42H,12-13H2,1-3H3/t25-,26?,28?,29-,30+,31?,33-/m1/s1. The molecule has 1 aromatic heterocycles. The lowest BCUT2D eigenvalue weighted by molar-refractivity contribution is -0.277. The highest BCUT2D eigenvalue weighted by Crippen LogP contribution is 2.44. The average Bonchev–Trinajstić information content (AvgIpc) is 3.10. The van der Waals surface area contributed by atoms with Gasteiger partial charge in [-0.15, -0.1) is 0 Å². The number of hydrogen-bond acceptors (Lipinski definition) is 16. The molecule has 16 heteroatoms. The van der Waals surface area contributed by atoms with Crippen LogP contribution in [-0.2, 0) is 4.74 Å². The molecule has 5 rings (SSSR count). The topological polar surface area (TPSA) is 247 Å². The van der Waals surface area contributed by atoms with E-state index in [0.717, 1.165) is 12.1 Å². The Balaban J connectivity index is 1.48. The number of benzene rings is 3. The van der Waals surface area contributed by atoms with Gasteiger partial charge in [0.2, 0.25) is 12.0 Å². The van der Waals surface area contributed by atoms with Crippen LogP contribution in [0.3, 0.4) is 0 Å². The van der Waals surface area contributed by atoms with Crippen molar-refractivity contribution < 1.29 is 73.7 Å². The van der Waals surface area contributed by atoms with Crippen molar-refractivity contribution in [3.8, 4) is 51.6 Å². The van der Waals surface area contributed by atoms with Crippen molar-refractivity contribution in [2.45, 2.75) is 42.9 Å². The first-order chi connectivity index (χ1) is 23.4. The molecule has 3 unspecified atom stereocenters. The lowest BCUT2D eigenvalue weighted by Crippen LogP contribution is -2.60. The fourth-order valence-electron chi connectivity index (χ4n) is 5.34. The van der Waals surface area contributed by atoms with E-state index in [1.165, 1.54) is 57.7 Å². The molecule has 264 valence electrons. The van der Waals surface area contributed by atoms with E-state index in [2.05, 4.69) is 0 Å². The van der Waals surface area contributed by atoms with Crippen LogP contribution < -0.4 is 29.1 Å². The SMILES string of the molecule is COc1cc(C(O)[C@@H](CO)Oc2c(OC)cc(-c3cc(=O)c4c(O)cc(O[C@@H]5OC(CO)[C@@H](O)[C@H](O)C5O)cc4o3)cc2OC)ccc1O. The van der Waals surface area contributed by atoms with Crippen LogP contribution in [0.1, 0.15) is 11.7 Å². The maximum absolute atomic E-state index is 13.2. The van der Waals surface area contributed by atoms with E-state index in [1.807, 2.05) is 0 Å². The minimum absolute atomic E-state index is 0.00594. The molecule has 0 radical (unpaired) electrons. The Labute approximate surface area is 278 Å². The molecule has 0 aliphatic carbocycles. The van der Waals surface area contributed by atoms with Gasteiger partial charge in [-0.25, -0.2) is 0 Å². The molecule has 16 nitrogen and oxygen atoms in total. The highest BCUT2D eigenvalue weighted by molar-refractivity contribution is 5.86. The van der Waals surface area contributed by atoms with Gasteiger partial charge < -0.3 is 73.7 Å². The Hall–Kier alpha value is -4.81. The third-order valence-corrected chi connectivity index (χ3v) is 7.98. The van der Waals surface area contributed by atoms with Crippen LogP contribution in [0.4, 0.5) is 0 Å². The summed E-state index contributed by atoms with van der Waals surface area (Å²) in [7, 11) is 4.01. The van der Waals surface area contributed by atoms with Crippen LogP contribution >= 0.6 is 0 Å². The van der Waals surface area contributed by atoms with Crippen molar-refractivity contribution in [1.82, 2.24) is 0 Å². The first-order valence-corrected chi connectivity index (χ1v) is 14.8. The Morgan fingerprint density at radius 1 is 0.816 bits per heavy atom. The molecule has 4 aromatic rings. The lowest BCUT2D eigenvalue weighted by Gasteiger charge is -2.39. The number of aromatic hydroxyl groups is 2. The van der Waals surface area contributed by atoms with Gasteiger partial charge in [0.15, 0.2) is 34.5 Å². The van der Waals surface area contributed by atoms with Gasteiger partial charge in [0.25, 0.3) is 0 Å². The number of ether oxygens (including phenoxy) is 6. The summed E-state index contributed by atoms with van der Waals surface area (Å²) >= 11 is 0. The summed E-state index contributed by atoms with van der Waals surface area (Å²) in [5.74, 6) is -0.613. The molecular weight excluding hydrogens is 652 g/mol. The van der Waals surface area contributed by atoms with E-state index in [1.54, 1.807) is 0 Å². The monoisotopic (exact) mass is 688 g/mol. The Morgan fingerprint density at radius 2 is 1.49 bits per heavy atom. The quantitative estimate of drug-likeness (QED) is 0.101. The van der Waals surface area contributed by atoms with Gasteiger partial charge >= 0.3 is 0 Å². The number of aliphatic hydroxyl groups is 6. The van der Waals surface area contributed by atoms with Crippen LogP contribution in [0.5, 0.6) is 40.2 Å². The van der Waals surface area contributed by atoms with E-state index in [4.69, 9.17) is 32.8 Å². The van der Waals surface area contributed by atoms with Crippen molar-refractivity contribution >= 4 is 11.0 Å². The predicted molar refractivity (Wildman–Crippen MR) is 168 cm³/mol. The van der Waals surface area contributed by atoms with E-state index in [9.17, 15) is 45.6 Å². The fourth-order valence-corrected chi connectivity index (χ4v) is 5.34. The second kappa shape index (κ2) is 14.8. The second-order valence-corrected chi connectivity index (χ2v) is 11.0. The molecule has 7 atom stereocenters. The minimum Gasteiger partial charge on any atom is -0.507 e. The average molecular weight is 689 g/mol. The van der Waals surface area contributed by atoms with Crippen molar-refractivity contribution in [2.24, 2.45) is 0 Å². The van der Waals surface area contributed by atoms with Crippen LogP contribution in [0.25, 0.3) is 22.3 Å². The van der Waals surface area contributed by atoms with Crippen molar-refractivity contribution in [1.29, 1.82) is 0 Å². The van der Waals surface area contributed by atoms with E-state index in [0.29, 0.717) is 0 Å². The van der Waals surface area contributed by atoms with Crippen LogP contribution in [-0.4, -0.2) is 112 Å². The third kappa shape index (κ3) is 7.02. The van der Waals surface area contributed by atoms with Gasteiger partial charge in [0.1, 0.15) is 58.7 Å². The number of methoxy groups -OCH3 is 3. The molecule has 1 fully saturated rings. The number of phenols is 2. The number of rotatable bonds is 12. The van der Waals surface area contributed by atoms with Crippen molar-refractivity contribution in [3.63, 3.8) is 0 Å². The Morgan fingerprint density at radius 3 is 2.10 bits per heavy atom. The third-order valence-electron chi connectivity index (χ3n) is 7.98. The molecule has 0 spiro atoms. The van der Waals surface area contributed by atoms with Gasteiger partial charge in [-0.2, -0.15) is 0 Å². The number of fused-ring (bicyclic) bond motifs is 1. The van der Waals surface area contributed by atoms with E-state index in [-0.39, 0.29) is 62.4 Å². The summed E-state index contributed by atoms with van der Waals surface area (Å²) in [6.45, 7) is -1.33. The number of phenolic OH excluding ortho intramolecular Hbond substituents is 2. The maximum atomic E-state index is 13.2. The van der Waals surface area contributed by atoms with Gasteiger partial charge in [-0.05, 0) is 29.8 Å². The highest BCUT2D eigenvalue weighted by atomic mass is 16.7. The maximum Gasteiger partial charge on any atom is 0.229 e. The zero-order chi connectivity index (χ0) is 35.6. The molecule has 1 aliphatic rings. The zero-order valence-corrected chi connectivity index (χ0v) is 26.4. The molecule has 1 saturated heterocycles. The first kappa shape index (κ1) is 35.5. The van der Waals surface area contributed by atoms with Crippen LogP contribution in [0.15, 0.2) is 57.7 Å². The minimum atomic E-state index is -1.73. The smallest absolute Gasteiger partial charge is 0.229 e. The van der Waals surface area contributed by atoms with Gasteiger partial charge in [0, 0.05) is 23.8 Å². The van der Waals surface area contributed by atoms with E-state index >= 15 is 0 Å². The number of hydrogen-bond donors (Lipinski definition) is 8. The Bertz CT molecular complexity index is 1810. The summed E-state index contributed by atoms with van der Waals surface area (Å²) in [5, 5.41) is 81.5. The molecule has 3 aromatic carbocycles. The zero-order valence-electron chi connectivity index (χ0n) is 26.4. The summed E-state index contributed by atoms with van der Waals surface area (Å²) in [4.78, 5) is 13.2. The molecule has 0 amide bonds. The highest BCUT2D eigenvalue weighted by Gasteiger charge is 2.44. The van der Waals surface area contributed by atoms with Gasteiger partial charge in [-0.1, -0.05) is 6.07 Å².